The second-order valence-electron chi connectivity index (χ2n) is 9.71. The summed E-state index contributed by atoms with van der Waals surface area (Å²) < 4.78 is 5.35. The topological polar surface area (TPSA) is 90.9 Å². The van der Waals surface area contributed by atoms with Crippen LogP contribution in [-0.4, -0.2) is 66.1 Å². The monoisotopic (exact) mass is 498 g/mol. The molecule has 1 saturated heterocycles. The highest BCUT2D eigenvalue weighted by Crippen LogP contribution is 2.30. The SMILES string of the molecule is COc1ccc2c(c1)CCN(C1CCN(c3cc(C(=O)N4CCc5ccccc54)ncn3)CC1)C(=O)N2. The van der Waals surface area contributed by atoms with Crippen LogP contribution in [0.5, 0.6) is 5.75 Å². The molecule has 4 heterocycles. The van der Waals surface area contributed by atoms with E-state index in [-0.39, 0.29) is 18.0 Å². The lowest BCUT2D eigenvalue weighted by atomic mass is 10.0. The van der Waals surface area contributed by atoms with Gasteiger partial charge in [-0.05, 0) is 61.1 Å². The van der Waals surface area contributed by atoms with Crippen LogP contribution in [-0.2, 0) is 12.8 Å². The fraction of sp³-hybridized carbons (Fsp3) is 0.357. The molecular weight excluding hydrogens is 468 g/mol. The minimum Gasteiger partial charge on any atom is -0.497 e. The molecule has 9 nitrogen and oxygen atoms in total. The van der Waals surface area contributed by atoms with Crippen LogP contribution >= 0.6 is 0 Å². The van der Waals surface area contributed by atoms with Gasteiger partial charge in [-0.2, -0.15) is 0 Å². The molecule has 0 bridgehead atoms. The number of carbonyl (C=O) groups is 2. The first kappa shape index (κ1) is 23.3. The van der Waals surface area contributed by atoms with Gasteiger partial charge < -0.3 is 24.8 Å². The van der Waals surface area contributed by atoms with Crippen molar-refractivity contribution in [1.29, 1.82) is 0 Å². The van der Waals surface area contributed by atoms with Crippen molar-refractivity contribution in [3.05, 3.63) is 71.7 Å². The van der Waals surface area contributed by atoms with Gasteiger partial charge in [0, 0.05) is 49.7 Å². The van der Waals surface area contributed by atoms with Gasteiger partial charge in [0.2, 0.25) is 0 Å². The van der Waals surface area contributed by atoms with Crippen molar-refractivity contribution in [2.45, 2.75) is 31.7 Å². The van der Waals surface area contributed by atoms with Crippen molar-refractivity contribution in [1.82, 2.24) is 14.9 Å². The van der Waals surface area contributed by atoms with Gasteiger partial charge in [0.15, 0.2) is 0 Å². The Balaban J connectivity index is 1.11. The maximum absolute atomic E-state index is 13.3. The highest BCUT2D eigenvalue weighted by atomic mass is 16.5. The first-order valence-corrected chi connectivity index (χ1v) is 12.8. The Morgan fingerprint density at radius 3 is 2.62 bits per heavy atom. The number of carbonyl (C=O) groups excluding carboxylic acids is 2. The zero-order chi connectivity index (χ0) is 25.4. The maximum atomic E-state index is 13.3. The van der Waals surface area contributed by atoms with E-state index in [4.69, 9.17) is 4.74 Å². The molecule has 3 aliphatic heterocycles. The van der Waals surface area contributed by atoms with Crippen molar-refractivity contribution < 1.29 is 14.3 Å². The summed E-state index contributed by atoms with van der Waals surface area (Å²) in [5.74, 6) is 1.46. The van der Waals surface area contributed by atoms with E-state index in [0.29, 0.717) is 18.8 Å². The van der Waals surface area contributed by atoms with Crippen LogP contribution in [0.15, 0.2) is 54.9 Å². The van der Waals surface area contributed by atoms with Gasteiger partial charge in [0.25, 0.3) is 5.91 Å². The molecule has 3 aliphatic rings. The second kappa shape index (κ2) is 9.72. The Morgan fingerprint density at radius 2 is 1.78 bits per heavy atom. The molecule has 9 heteroatoms. The Bertz CT molecular complexity index is 1340. The number of methoxy groups -OCH3 is 1. The molecule has 0 spiro atoms. The summed E-state index contributed by atoms with van der Waals surface area (Å²) in [4.78, 5) is 41.0. The molecular formula is C28H30N6O3. The smallest absolute Gasteiger partial charge is 0.322 e. The molecule has 190 valence electrons. The number of hydrogen-bond donors (Lipinski definition) is 1. The lowest BCUT2D eigenvalue weighted by molar-refractivity contribution is 0.0984. The first-order chi connectivity index (χ1) is 18.1. The molecule has 0 unspecified atom stereocenters. The standard InChI is InChI=1S/C28H30N6O3/c1-37-22-6-7-23-20(16-22)9-14-33(28(36)31-23)21-10-12-32(13-11-21)26-17-24(29-18-30-26)27(35)34-15-8-19-4-2-3-5-25(19)34/h2-7,16-18,21H,8-15H2,1H3,(H,31,36). The van der Waals surface area contributed by atoms with E-state index in [0.717, 1.165) is 67.3 Å². The first-order valence-electron chi connectivity index (χ1n) is 12.8. The maximum Gasteiger partial charge on any atom is 0.322 e. The van der Waals surface area contributed by atoms with Crippen LogP contribution in [0.2, 0.25) is 0 Å². The number of rotatable bonds is 4. The summed E-state index contributed by atoms with van der Waals surface area (Å²) in [5.41, 5.74) is 4.50. The van der Waals surface area contributed by atoms with Crippen LogP contribution < -0.4 is 19.9 Å². The van der Waals surface area contributed by atoms with E-state index in [1.165, 1.54) is 11.9 Å². The van der Waals surface area contributed by atoms with Crippen LogP contribution in [0.25, 0.3) is 0 Å². The number of nitrogens with zero attached hydrogens (tertiary/aromatic N) is 5. The zero-order valence-electron chi connectivity index (χ0n) is 20.9. The van der Waals surface area contributed by atoms with Crippen LogP contribution in [0, 0.1) is 0 Å². The number of amides is 3. The predicted molar refractivity (Wildman–Crippen MR) is 142 cm³/mol. The van der Waals surface area contributed by atoms with Crippen molar-refractivity contribution in [2.75, 3.05) is 48.4 Å². The summed E-state index contributed by atoms with van der Waals surface area (Å²) in [7, 11) is 1.65. The second-order valence-corrected chi connectivity index (χ2v) is 9.71. The molecule has 37 heavy (non-hydrogen) atoms. The molecule has 1 N–H and O–H groups in total. The lowest BCUT2D eigenvalue weighted by Gasteiger charge is -2.38. The van der Waals surface area contributed by atoms with Crippen molar-refractivity contribution in [3.8, 4) is 5.75 Å². The number of urea groups is 1. The van der Waals surface area contributed by atoms with Crippen molar-refractivity contribution in [2.24, 2.45) is 0 Å². The number of ether oxygens (including phenoxy) is 1. The summed E-state index contributed by atoms with van der Waals surface area (Å²) in [6.07, 6.45) is 4.78. The number of aromatic nitrogens is 2. The summed E-state index contributed by atoms with van der Waals surface area (Å²) in [6.45, 7) is 2.84. The lowest BCUT2D eigenvalue weighted by Crippen LogP contribution is -2.49. The zero-order valence-corrected chi connectivity index (χ0v) is 20.9. The molecule has 0 saturated carbocycles. The Kier molecular flexibility index (Phi) is 6.12. The third kappa shape index (κ3) is 4.45. The number of benzene rings is 2. The summed E-state index contributed by atoms with van der Waals surface area (Å²) in [6, 6.07) is 15.7. The van der Waals surface area contributed by atoms with Gasteiger partial charge in [-0.1, -0.05) is 18.2 Å². The van der Waals surface area contributed by atoms with Crippen LogP contribution in [0.4, 0.5) is 22.0 Å². The number of hydrogen-bond acceptors (Lipinski definition) is 6. The normalized spacial score (nSPS) is 17.6. The van der Waals surface area contributed by atoms with Gasteiger partial charge in [-0.15, -0.1) is 0 Å². The van der Waals surface area contributed by atoms with E-state index >= 15 is 0 Å². The highest BCUT2D eigenvalue weighted by Gasteiger charge is 2.31. The third-order valence-electron chi connectivity index (χ3n) is 7.67. The van der Waals surface area contributed by atoms with Gasteiger partial charge in [-0.3, -0.25) is 4.79 Å². The van der Waals surface area contributed by atoms with Crippen LogP contribution in [0.3, 0.4) is 0 Å². The Hall–Kier alpha value is -4.14. The number of anilines is 3. The molecule has 1 fully saturated rings. The van der Waals surface area contributed by atoms with E-state index in [1.807, 2.05) is 41.3 Å². The molecule has 0 radical (unpaired) electrons. The predicted octanol–water partition coefficient (Wildman–Crippen LogP) is 3.75. The molecule has 2 aromatic carbocycles. The molecule has 0 aliphatic carbocycles. The number of fused-ring (bicyclic) bond motifs is 2. The van der Waals surface area contributed by atoms with E-state index < -0.39 is 0 Å². The fourth-order valence-electron chi connectivity index (χ4n) is 5.63. The van der Waals surface area contributed by atoms with Gasteiger partial charge in [0.1, 0.15) is 23.6 Å². The molecule has 6 rings (SSSR count). The van der Waals surface area contributed by atoms with E-state index in [1.54, 1.807) is 18.1 Å². The molecule has 1 aromatic heterocycles. The Labute approximate surface area is 216 Å². The van der Waals surface area contributed by atoms with Gasteiger partial charge in [0.05, 0.1) is 7.11 Å². The van der Waals surface area contributed by atoms with Crippen molar-refractivity contribution in [3.63, 3.8) is 0 Å². The van der Waals surface area contributed by atoms with E-state index in [2.05, 4.69) is 26.3 Å². The van der Waals surface area contributed by atoms with Crippen LogP contribution in [0.1, 0.15) is 34.5 Å². The number of para-hydroxylation sites is 1. The Morgan fingerprint density at radius 1 is 0.973 bits per heavy atom. The summed E-state index contributed by atoms with van der Waals surface area (Å²) in [5, 5.41) is 3.07. The molecule has 3 aromatic rings. The minimum atomic E-state index is -0.0964. The molecule has 3 amide bonds. The summed E-state index contributed by atoms with van der Waals surface area (Å²) >= 11 is 0. The minimum absolute atomic E-state index is 0.0526. The van der Waals surface area contributed by atoms with E-state index in [9.17, 15) is 9.59 Å². The third-order valence-corrected chi connectivity index (χ3v) is 7.67. The average Bonchev–Trinajstić information content (AvgIpc) is 3.30. The largest absolute Gasteiger partial charge is 0.497 e. The van der Waals surface area contributed by atoms with Crippen molar-refractivity contribution >= 4 is 29.1 Å². The number of nitrogens with one attached hydrogen (secondary N) is 1. The fourth-order valence-corrected chi connectivity index (χ4v) is 5.63. The molecule has 0 atom stereocenters. The number of piperidine rings is 1. The van der Waals surface area contributed by atoms with Gasteiger partial charge in [-0.25, -0.2) is 14.8 Å². The average molecular weight is 499 g/mol. The quantitative estimate of drug-likeness (QED) is 0.589. The van der Waals surface area contributed by atoms with Gasteiger partial charge >= 0.3 is 6.03 Å². The highest BCUT2D eigenvalue weighted by molar-refractivity contribution is 6.06.